The van der Waals surface area contributed by atoms with E-state index in [0.717, 1.165) is 3.57 Å². The first kappa shape index (κ1) is 20.6. The molecule has 9 heteroatoms. The third-order valence-corrected chi connectivity index (χ3v) is 5.08. The molecule has 0 atom stereocenters. The van der Waals surface area contributed by atoms with Gasteiger partial charge in [-0.3, -0.25) is 14.9 Å². The first-order valence-electron chi connectivity index (χ1n) is 8.11. The Morgan fingerprint density at radius 2 is 2.00 bits per heavy atom. The van der Waals surface area contributed by atoms with Gasteiger partial charge in [0.2, 0.25) is 0 Å². The van der Waals surface area contributed by atoms with Crippen molar-refractivity contribution in [2.75, 3.05) is 5.32 Å². The summed E-state index contributed by atoms with van der Waals surface area (Å²) in [6.07, 6.45) is 1.31. The van der Waals surface area contributed by atoms with Gasteiger partial charge in [-0.1, -0.05) is 23.7 Å². The van der Waals surface area contributed by atoms with Crippen molar-refractivity contribution in [1.29, 1.82) is 5.26 Å². The molecule has 7 nitrogen and oxygen atoms in total. The number of para-hydroxylation sites is 1. The van der Waals surface area contributed by atoms with Crippen LogP contribution in [-0.4, -0.2) is 10.8 Å². The summed E-state index contributed by atoms with van der Waals surface area (Å²) in [6, 6.07) is 16.2. The molecule has 0 aliphatic heterocycles. The third kappa shape index (κ3) is 4.82. The van der Waals surface area contributed by atoms with Crippen molar-refractivity contribution in [1.82, 2.24) is 0 Å². The predicted molar refractivity (Wildman–Crippen MR) is 117 cm³/mol. The zero-order valence-electron chi connectivity index (χ0n) is 14.6. The summed E-state index contributed by atoms with van der Waals surface area (Å²) < 4.78 is 6.48. The minimum atomic E-state index is -0.567. The van der Waals surface area contributed by atoms with E-state index in [1.807, 2.05) is 18.2 Å². The van der Waals surface area contributed by atoms with E-state index in [0.29, 0.717) is 17.0 Å². The number of non-ortho nitro benzene ring substituents is 1. The molecule has 0 radical (unpaired) electrons. The highest BCUT2D eigenvalue weighted by Gasteiger charge is 2.15. The molecule has 1 aromatic heterocycles. The van der Waals surface area contributed by atoms with Gasteiger partial charge in [0.25, 0.3) is 11.6 Å². The summed E-state index contributed by atoms with van der Waals surface area (Å²) in [5, 5.41) is 23.0. The van der Waals surface area contributed by atoms with E-state index < -0.39 is 10.8 Å². The van der Waals surface area contributed by atoms with E-state index in [4.69, 9.17) is 16.0 Å². The maximum absolute atomic E-state index is 12.4. The Hall–Kier alpha value is -3.16. The number of nitrogens with zero attached hydrogens (tertiary/aromatic N) is 2. The van der Waals surface area contributed by atoms with Crippen LogP contribution in [0.15, 0.2) is 64.6 Å². The second-order valence-electron chi connectivity index (χ2n) is 5.73. The van der Waals surface area contributed by atoms with Gasteiger partial charge in [-0.15, -0.1) is 0 Å². The molecular weight excluding hydrogens is 509 g/mol. The highest BCUT2D eigenvalue weighted by molar-refractivity contribution is 14.1. The van der Waals surface area contributed by atoms with E-state index >= 15 is 0 Å². The molecule has 0 saturated carbocycles. The maximum Gasteiger partial charge on any atom is 0.270 e. The quantitative estimate of drug-likeness (QED) is 0.154. The van der Waals surface area contributed by atoms with Crippen LogP contribution in [0.25, 0.3) is 17.4 Å². The lowest BCUT2D eigenvalue weighted by Crippen LogP contribution is -2.14. The van der Waals surface area contributed by atoms with Gasteiger partial charge in [0.05, 0.1) is 15.6 Å². The Morgan fingerprint density at radius 3 is 2.66 bits per heavy atom. The molecule has 0 aliphatic rings. The summed E-state index contributed by atoms with van der Waals surface area (Å²) in [5.74, 6) is 0.0540. The number of carbonyl (C=O) groups is 1. The average molecular weight is 520 g/mol. The van der Waals surface area contributed by atoms with Gasteiger partial charge < -0.3 is 9.73 Å². The lowest BCUT2D eigenvalue weighted by molar-refractivity contribution is -0.384. The van der Waals surface area contributed by atoms with Crippen molar-refractivity contribution in [3.05, 3.63) is 84.6 Å². The molecule has 29 heavy (non-hydrogen) atoms. The van der Waals surface area contributed by atoms with Gasteiger partial charge in [-0.05, 0) is 52.9 Å². The fourth-order valence-electron chi connectivity index (χ4n) is 2.44. The first-order valence-corrected chi connectivity index (χ1v) is 9.56. The molecule has 3 aromatic rings. The van der Waals surface area contributed by atoms with E-state index in [1.54, 1.807) is 24.3 Å². The lowest BCUT2D eigenvalue weighted by Gasteiger charge is -2.05. The van der Waals surface area contributed by atoms with Crippen LogP contribution in [0, 0.1) is 25.0 Å². The number of amides is 1. The van der Waals surface area contributed by atoms with Crippen LogP contribution in [0.1, 0.15) is 5.76 Å². The Kier molecular flexibility index (Phi) is 6.31. The molecule has 3 rings (SSSR count). The van der Waals surface area contributed by atoms with Gasteiger partial charge in [0, 0.05) is 27.3 Å². The highest BCUT2D eigenvalue weighted by Crippen LogP contribution is 2.32. The van der Waals surface area contributed by atoms with Gasteiger partial charge >= 0.3 is 0 Å². The Balaban J connectivity index is 1.84. The topological polar surface area (TPSA) is 109 Å². The number of hydrogen-bond donors (Lipinski definition) is 1. The normalized spacial score (nSPS) is 11.0. The number of benzene rings is 2. The van der Waals surface area contributed by atoms with Crippen molar-refractivity contribution in [2.24, 2.45) is 0 Å². The van der Waals surface area contributed by atoms with Crippen LogP contribution in [0.3, 0.4) is 0 Å². The number of nitrogens with one attached hydrogen (secondary N) is 1. The molecule has 0 unspecified atom stereocenters. The standard InChI is InChI=1S/C20H11ClIN3O4/c21-16-10-13(25(27)28)5-7-15(16)19-8-6-14(29-19)9-12(11-23)20(26)24-18-4-2-1-3-17(18)22/h1-10H,(H,24,26)/b12-9+. The molecular formula is C20H11ClIN3O4. The molecule has 0 fully saturated rings. The minimum Gasteiger partial charge on any atom is -0.457 e. The largest absolute Gasteiger partial charge is 0.457 e. The van der Waals surface area contributed by atoms with Gasteiger partial charge in [0.1, 0.15) is 23.2 Å². The fraction of sp³-hybridized carbons (Fsp3) is 0. The Morgan fingerprint density at radius 1 is 1.24 bits per heavy atom. The highest BCUT2D eigenvalue weighted by atomic mass is 127. The summed E-state index contributed by atoms with van der Waals surface area (Å²) >= 11 is 8.19. The summed E-state index contributed by atoms with van der Waals surface area (Å²) in [4.78, 5) is 22.7. The van der Waals surface area contributed by atoms with Crippen LogP contribution < -0.4 is 5.32 Å². The monoisotopic (exact) mass is 519 g/mol. The third-order valence-electron chi connectivity index (χ3n) is 3.83. The van der Waals surface area contributed by atoms with Crippen molar-refractivity contribution in [3.8, 4) is 17.4 Å². The molecule has 0 saturated heterocycles. The van der Waals surface area contributed by atoms with Crippen molar-refractivity contribution < 1.29 is 14.1 Å². The van der Waals surface area contributed by atoms with Crippen LogP contribution in [0.5, 0.6) is 0 Å². The molecule has 1 amide bonds. The van der Waals surface area contributed by atoms with E-state index in [-0.39, 0.29) is 22.0 Å². The lowest BCUT2D eigenvalue weighted by atomic mass is 10.1. The average Bonchev–Trinajstić information content (AvgIpc) is 3.16. The number of carbonyl (C=O) groups excluding carboxylic acids is 1. The van der Waals surface area contributed by atoms with Gasteiger partial charge in [-0.2, -0.15) is 5.26 Å². The summed E-state index contributed by atoms with van der Waals surface area (Å²) in [7, 11) is 0. The molecule has 144 valence electrons. The molecule has 2 aromatic carbocycles. The SMILES string of the molecule is N#C/C(=C\c1ccc(-c2ccc([N+](=O)[O-])cc2Cl)o1)C(=O)Nc1ccccc1I. The predicted octanol–water partition coefficient (Wildman–Crippen LogP) is 5.66. The number of halogens is 2. The number of rotatable bonds is 5. The zero-order chi connectivity index (χ0) is 21.0. The second kappa shape index (κ2) is 8.89. The smallest absolute Gasteiger partial charge is 0.270 e. The van der Waals surface area contributed by atoms with Crippen molar-refractivity contribution >= 4 is 57.5 Å². The Bertz CT molecular complexity index is 1180. The van der Waals surface area contributed by atoms with E-state index in [2.05, 4.69) is 27.9 Å². The van der Waals surface area contributed by atoms with Crippen LogP contribution >= 0.6 is 34.2 Å². The number of anilines is 1. The van der Waals surface area contributed by atoms with Crippen molar-refractivity contribution in [2.45, 2.75) is 0 Å². The number of nitro groups is 1. The number of nitriles is 1. The van der Waals surface area contributed by atoms with Crippen molar-refractivity contribution in [3.63, 3.8) is 0 Å². The van der Waals surface area contributed by atoms with Crippen LogP contribution in [0.4, 0.5) is 11.4 Å². The number of nitro benzene ring substituents is 1. The molecule has 0 bridgehead atoms. The van der Waals surface area contributed by atoms with Crippen LogP contribution in [0.2, 0.25) is 5.02 Å². The van der Waals surface area contributed by atoms with E-state index in [9.17, 15) is 20.2 Å². The summed E-state index contributed by atoms with van der Waals surface area (Å²) in [5.41, 5.74) is 0.778. The molecule has 0 aliphatic carbocycles. The molecule has 0 spiro atoms. The zero-order valence-corrected chi connectivity index (χ0v) is 17.5. The number of hydrogen-bond acceptors (Lipinski definition) is 5. The molecule has 1 heterocycles. The van der Waals surface area contributed by atoms with Gasteiger partial charge in [0.15, 0.2) is 0 Å². The minimum absolute atomic E-state index is 0.135. The maximum atomic E-state index is 12.4. The number of furan rings is 1. The Labute approximate surface area is 183 Å². The fourth-order valence-corrected chi connectivity index (χ4v) is 3.23. The first-order chi connectivity index (χ1) is 13.9. The van der Waals surface area contributed by atoms with E-state index in [1.165, 1.54) is 24.3 Å². The molecule has 1 N–H and O–H groups in total. The van der Waals surface area contributed by atoms with Crippen LogP contribution in [-0.2, 0) is 4.79 Å². The van der Waals surface area contributed by atoms with Gasteiger partial charge in [-0.25, -0.2) is 0 Å². The second-order valence-corrected chi connectivity index (χ2v) is 7.30. The summed E-state index contributed by atoms with van der Waals surface area (Å²) in [6.45, 7) is 0.